The van der Waals surface area contributed by atoms with Gasteiger partial charge < -0.3 is 10.4 Å². The van der Waals surface area contributed by atoms with Crippen LogP contribution in [-0.4, -0.2) is 27.1 Å². The number of aromatic carboxylic acids is 1. The molecule has 1 aromatic rings. The molecule has 0 saturated heterocycles. The van der Waals surface area contributed by atoms with Gasteiger partial charge in [0, 0.05) is 12.0 Å². The molecule has 2 aliphatic rings. The molecule has 3 rings (SSSR count). The van der Waals surface area contributed by atoms with E-state index in [1.807, 2.05) is 0 Å². The molecular formula is C13H16ClN3O2. The Bertz CT molecular complexity index is 511. The smallest absolute Gasteiger partial charge is 0.356 e. The van der Waals surface area contributed by atoms with Crippen LogP contribution >= 0.6 is 11.6 Å². The Morgan fingerprint density at radius 3 is 2.47 bits per heavy atom. The highest BCUT2D eigenvalue weighted by Gasteiger charge is 2.30. The van der Waals surface area contributed by atoms with Crippen LogP contribution in [0.5, 0.6) is 0 Å². The quantitative estimate of drug-likeness (QED) is 0.887. The molecule has 102 valence electrons. The highest BCUT2D eigenvalue weighted by atomic mass is 35.5. The van der Waals surface area contributed by atoms with Crippen molar-refractivity contribution in [2.75, 3.05) is 5.32 Å². The van der Waals surface area contributed by atoms with Crippen LogP contribution in [0.25, 0.3) is 0 Å². The van der Waals surface area contributed by atoms with Crippen LogP contribution in [0, 0.1) is 0 Å². The van der Waals surface area contributed by atoms with Gasteiger partial charge >= 0.3 is 5.97 Å². The highest BCUT2D eigenvalue weighted by Crippen LogP contribution is 2.40. The second-order valence-corrected chi connectivity index (χ2v) is 5.68. The van der Waals surface area contributed by atoms with E-state index in [-0.39, 0.29) is 10.7 Å². The van der Waals surface area contributed by atoms with Crippen molar-refractivity contribution in [1.29, 1.82) is 0 Å². The third-order valence-electron chi connectivity index (χ3n) is 3.71. The molecule has 1 aromatic heterocycles. The van der Waals surface area contributed by atoms with Gasteiger partial charge in [-0.2, -0.15) is 0 Å². The van der Waals surface area contributed by atoms with Crippen molar-refractivity contribution in [1.82, 2.24) is 9.97 Å². The maximum absolute atomic E-state index is 11.2. The Hall–Kier alpha value is -1.36. The van der Waals surface area contributed by atoms with E-state index in [2.05, 4.69) is 15.3 Å². The Balaban J connectivity index is 1.93. The molecule has 2 fully saturated rings. The lowest BCUT2D eigenvalue weighted by Gasteiger charge is -2.15. The summed E-state index contributed by atoms with van der Waals surface area (Å²) < 4.78 is 0. The zero-order valence-electron chi connectivity index (χ0n) is 10.5. The summed E-state index contributed by atoms with van der Waals surface area (Å²) in [5.41, 5.74) is -0.0842. The Kier molecular flexibility index (Phi) is 3.31. The molecule has 19 heavy (non-hydrogen) atoms. The van der Waals surface area contributed by atoms with Crippen molar-refractivity contribution in [2.24, 2.45) is 0 Å². The van der Waals surface area contributed by atoms with Crippen molar-refractivity contribution in [3.05, 3.63) is 16.5 Å². The van der Waals surface area contributed by atoms with E-state index < -0.39 is 5.97 Å². The van der Waals surface area contributed by atoms with Gasteiger partial charge in [0.1, 0.15) is 16.7 Å². The molecule has 0 bridgehead atoms. The molecule has 0 unspecified atom stereocenters. The minimum absolute atomic E-state index is 0.0842. The first-order valence-corrected chi connectivity index (χ1v) is 7.10. The van der Waals surface area contributed by atoms with E-state index in [9.17, 15) is 9.90 Å². The molecule has 0 radical (unpaired) electrons. The van der Waals surface area contributed by atoms with Crippen LogP contribution in [0.3, 0.4) is 0 Å². The fourth-order valence-corrected chi connectivity index (χ4v) is 2.71. The summed E-state index contributed by atoms with van der Waals surface area (Å²) in [5, 5.41) is 12.6. The number of hydrogen-bond donors (Lipinski definition) is 2. The minimum Gasteiger partial charge on any atom is -0.476 e. The average Bonchev–Trinajstić information content (AvgIpc) is 3.10. The summed E-state index contributed by atoms with van der Waals surface area (Å²) in [6.07, 6.45) is 6.62. The molecule has 1 heterocycles. The van der Waals surface area contributed by atoms with Gasteiger partial charge in [0.15, 0.2) is 5.69 Å². The monoisotopic (exact) mass is 281 g/mol. The molecule has 0 aliphatic heterocycles. The topological polar surface area (TPSA) is 75.1 Å². The number of carboxylic acid groups (broad SMARTS) is 1. The van der Waals surface area contributed by atoms with Crippen LogP contribution in [0.15, 0.2) is 0 Å². The van der Waals surface area contributed by atoms with Crippen molar-refractivity contribution >= 4 is 23.4 Å². The number of hydrogen-bond acceptors (Lipinski definition) is 4. The van der Waals surface area contributed by atoms with Crippen LogP contribution < -0.4 is 5.32 Å². The molecule has 2 N–H and O–H groups in total. The van der Waals surface area contributed by atoms with Crippen molar-refractivity contribution in [2.45, 2.75) is 50.5 Å². The van der Waals surface area contributed by atoms with E-state index in [4.69, 9.17) is 11.6 Å². The van der Waals surface area contributed by atoms with Crippen LogP contribution in [0.4, 0.5) is 5.82 Å². The molecular weight excluding hydrogens is 266 g/mol. The van der Waals surface area contributed by atoms with Crippen LogP contribution in [0.1, 0.15) is 60.8 Å². The Morgan fingerprint density at radius 1 is 1.21 bits per heavy atom. The lowest BCUT2D eigenvalue weighted by Crippen LogP contribution is -2.18. The number of aromatic nitrogens is 2. The van der Waals surface area contributed by atoms with Gasteiger partial charge in [-0.05, 0) is 25.7 Å². The number of carboxylic acids is 1. The summed E-state index contributed by atoms with van der Waals surface area (Å²) in [6, 6.07) is 0.348. The SMILES string of the molecule is O=C(O)c1nc(C2CC2)nc(NC2CCCC2)c1Cl. The van der Waals surface area contributed by atoms with Gasteiger partial charge in [-0.1, -0.05) is 24.4 Å². The largest absolute Gasteiger partial charge is 0.476 e. The number of nitrogens with one attached hydrogen (secondary N) is 1. The molecule has 6 heteroatoms. The van der Waals surface area contributed by atoms with Gasteiger partial charge in [0.2, 0.25) is 0 Å². The first-order valence-electron chi connectivity index (χ1n) is 6.72. The average molecular weight is 282 g/mol. The Labute approximate surface area is 116 Å². The van der Waals surface area contributed by atoms with E-state index in [1.54, 1.807) is 0 Å². The molecule has 0 spiro atoms. The Morgan fingerprint density at radius 2 is 1.89 bits per heavy atom. The highest BCUT2D eigenvalue weighted by molar-refractivity contribution is 6.35. The zero-order valence-corrected chi connectivity index (χ0v) is 11.3. The van der Waals surface area contributed by atoms with Gasteiger partial charge in [-0.25, -0.2) is 14.8 Å². The minimum atomic E-state index is -1.09. The van der Waals surface area contributed by atoms with E-state index >= 15 is 0 Å². The number of nitrogens with zero attached hydrogens (tertiary/aromatic N) is 2. The normalized spacial score (nSPS) is 19.6. The molecule has 0 atom stereocenters. The lowest BCUT2D eigenvalue weighted by molar-refractivity contribution is 0.0690. The van der Waals surface area contributed by atoms with E-state index in [1.165, 1.54) is 12.8 Å². The fourth-order valence-electron chi connectivity index (χ4n) is 2.49. The summed E-state index contributed by atoms with van der Waals surface area (Å²) in [4.78, 5) is 19.7. The second-order valence-electron chi connectivity index (χ2n) is 5.30. The molecule has 0 amide bonds. The summed E-state index contributed by atoms with van der Waals surface area (Å²) in [6.45, 7) is 0. The number of halogens is 1. The molecule has 2 aliphatic carbocycles. The zero-order chi connectivity index (χ0) is 13.4. The predicted octanol–water partition coefficient (Wildman–Crippen LogP) is 3.06. The predicted molar refractivity (Wildman–Crippen MR) is 71.9 cm³/mol. The fraction of sp³-hybridized carbons (Fsp3) is 0.615. The maximum atomic E-state index is 11.2. The first-order chi connectivity index (χ1) is 9.15. The summed E-state index contributed by atoms with van der Waals surface area (Å²) >= 11 is 6.11. The standard InChI is InChI=1S/C13H16ClN3O2/c14-9-10(13(18)19)16-11(7-5-6-7)17-12(9)15-8-3-1-2-4-8/h7-8H,1-6H2,(H,18,19)(H,15,16,17). The molecule has 5 nitrogen and oxygen atoms in total. The number of carbonyl (C=O) groups is 1. The van der Waals surface area contributed by atoms with Gasteiger partial charge in [0.05, 0.1) is 0 Å². The number of rotatable bonds is 4. The van der Waals surface area contributed by atoms with Crippen molar-refractivity contribution in [3.63, 3.8) is 0 Å². The van der Waals surface area contributed by atoms with E-state index in [0.29, 0.717) is 23.6 Å². The third kappa shape index (κ3) is 2.66. The maximum Gasteiger partial charge on any atom is 0.356 e. The molecule has 2 saturated carbocycles. The molecule has 0 aromatic carbocycles. The third-order valence-corrected chi connectivity index (χ3v) is 4.07. The van der Waals surface area contributed by atoms with Gasteiger partial charge in [-0.15, -0.1) is 0 Å². The summed E-state index contributed by atoms with van der Waals surface area (Å²) in [5.74, 6) is 0.313. The van der Waals surface area contributed by atoms with Crippen molar-refractivity contribution in [3.8, 4) is 0 Å². The first kappa shape index (κ1) is 12.7. The summed E-state index contributed by atoms with van der Waals surface area (Å²) in [7, 11) is 0. The van der Waals surface area contributed by atoms with Gasteiger partial charge in [-0.3, -0.25) is 0 Å². The van der Waals surface area contributed by atoms with E-state index in [0.717, 1.165) is 25.7 Å². The number of anilines is 1. The van der Waals surface area contributed by atoms with Crippen LogP contribution in [-0.2, 0) is 0 Å². The van der Waals surface area contributed by atoms with Crippen LogP contribution in [0.2, 0.25) is 5.02 Å². The van der Waals surface area contributed by atoms with Gasteiger partial charge in [0.25, 0.3) is 0 Å². The lowest BCUT2D eigenvalue weighted by atomic mass is 10.2. The second kappa shape index (κ2) is 4.96. The van der Waals surface area contributed by atoms with Crippen molar-refractivity contribution < 1.29 is 9.90 Å².